The minimum Gasteiger partial charge on any atom is -0.447 e. The topological polar surface area (TPSA) is 77.2 Å². The Bertz CT molecular complexity index is 517. The highest BCUT2D eigenvalue weighted by Gasteiger charge is 2.33. The minimum absolute atomic E-state index is 0.0173. The fourth-order valence-electron chi connectivity index (χ4n) is 2.04. The smallest absolute Gasteiger partial charge is 0.212 e. The van der Waals surface area contributed by atoms with Gasteiger partial charge in [-0.2, -0.15) is 0 Å². The number of hydrogen-bond acceptors (Lipinski definition) is 5. The Morgan fingerprint density at radius 3 is 2.94 bits per heavy atom. The van der Waals surface area contributed by atoms with Gasteiger partial charge in [-0.25, -0.2) is 13.4 Å². The van der Waals surface area contributed by atoms with Gasteiger partial charge in [-0.05, 0) is 19.8 Å². The van der Waals surface area contributed by atoms with Crippen LogP contribution in [-0.4, -0.2) is 24.9 Å². The van der Waals surface area contributed by atoms with Crippen LogP contribution in [0.3, 0.4) is 0 Å². The fourth-order valence-corrected chi connectivity index (χ4v) is 3.87. The number of Topliss-reactive ketones (excluding diaryl/α,β-unsaturated/α-hetero) is 1. The maximum atomic E-state index is 11.8. The zero-order valence-electron chi connectivity index (χ0n) is 9.68. The zero-order chi connectivity index (χ0) is 12.5. The van der Waals surface area contributed by atoms with E-state index in [0.717, 1.165) is 6.42 Å². The number of rotatable bonds is 3. The molecule has 0 saturated carbocycles. The highest BCUT2D eigenvalue weighted by Crippen LogP contribution is 2.32. The highest BCUT2D eigenvalue weighted by atomic mass is 32.2. The maximum Gasteiger partial charge on any atom is 0.212 e. The number of aromatic nitrogens is 1. The summed E-state index contributed by atoms with van der Waals surface area (Å²) in [6.45, 7) is 1.46. The molecule has 1 fully saturated rings. The molecule has 1 unspecified atom stereocenters. The average Bonchev–Trinajstić information content (AvgIpc) is 2.64. The molecule has 1 aromatic rings. The summed E-state index contributed by atoms with van der Waals surface area (Å²) >= 11 is 0. The molecule has 0 aromatic carbocycles. The lowest BCUT2D eigenvalue weighted by atomic mass is 10.2. The van der Waals surface area contributed by atoms with Gasteiger partial charge in [-0.1, -0.05) is 6.42 Å². The Morgan fingerprint density at radius 2 is 2.29 bits per heavy atom. The van der Waals surface area contributed by atoms with E-state index in [9.17, 15) is 13.2 Å². The van der Waals surface area contributed by atoms with E-state index in [1.165, 1.54) is 13.2 Å². The van der Waals surface area contributed by atoms with Crippen LogP contribution >= 0.6 is 0 Å². The van der Waals surface area contributed by atoms with Gasteiger partial charge in [0.25, 0.3) is 0 Å². The molecule has 0 bridgehead atoms. The van der Waals surface area contributed by atoms with E-state index in [1.54, 1.807) is 0 Å². The molecular weight excluding hydrogens is 242 g/mol. The Hall–Kier alpha value is -1.17. The van der Waals surface area contributed by atoms with Gasteiger partial charge in [0, 0.05) is 0 Å². The molecule has 0 spiro atoms. The van der Waals surface area contributed by atoms with Crippen LogP contribution in [0.1, 0.15) is 43.0 Å². The van der Waals surface area contributed by atoms with Crippen LogP contribution in [0.15, 0.2) is 10.7 Å². The first kappa shape index (κ1) is 12.3. The van der Waals surface area contributed by atoms with Crippen molar-refractivity contribution in [1.29, 1.82) is 0 Å². The minimum atomic E-state index is -3.13. The molecule has 2 rings (SSSR count). The van der Waals surface area contributed by atoms with E-state index < -0.39 is 15.1 Å². The molecule has 0 aliphatic carbocycles. The van der Waals surface area contributed by atoms with Gasteiger partial charge in [-0.15, -0.1) is 0 Å². The first-order valence-corrected chi connectivity index (χ1v) is 7.36. The summed E-state index contributed by atoms with van der Waals surface area (Å²) in [5.74, 6) is 0.416. The van der Waals surface area contributed by atoms with Crippen LogP contribution in [-0.2, 0) is 21.1 Å². The van der Waals surface area contributed by atoms with Crippen LogP contribution in [0, 0.1) is 0 Å². The molecule has 1 saturated heterocycles. The Balaban J connectivity index is 2.22. The van der Waals surface area contributed by atoms with Crippen molar-refractivity contribution in [3.05, 3.63) is 17.8 Å². The summed E-state index contributed by atoms with van der Waals surface area (Å²) in [7, 11) is -3.13. The van der Waals surface area contributed by atoms with Gasteiger partial charge in [0.15, 0.2) is 9.84 Å². The Kier molecular flexibility index (Phi) is 3.33. The van der Waals surface area contributed by atoms with Crippen molar-refractivity contribution >= 4 is 15.6 Å². The van der Waals surface area contributed by atoms with Crippen molar-refractivity contribution in [3.8, 4) is 0 Å². The summed E-state index contributed by atoms with van der Waals surface area (Å²) in [6, 6.07) is 0. The Labute approximate surface area is 100 Å². The largest absolute Gasteiger partial charge is 0.447 e. The second-order valence-corrected chi connectivity index (χ2v) is 6.71. The second-order valence-electron chi connectivity index (χ2n) is 4.41. The lowest BCUT2D eigenvalue weighted by Gasteiger charge is -2.18. The van der Waals surface area contributed by atoms with Gasteiger partial charge in [-0.3, -0.25) is 4.79 Å². The van der Waals surface area contributed by atoms with Crippen molar-refractivity contribution in [3.63, 3.8) is 0 Å². The van der Waals surface area contributed by atoms with E-state index in [2.05, 4.69) is 4.98 Å². The first-order valence-electron chi connectivity index (χ1n) is 5.64. The molecular formula is C11H15NO4S. The normalized spacial score (nSPS) is 23.5. The third kappa shape index (κ3) is 2.74. The van der Waals surface area contributed by atoms with E-state index in [4.69, 9.17) is 4.42 Å². The molecule has 0 N–H and O–H groups in total. The second kappa shape index (κ2) is 4.60. The summed E-state index contributed by atoms with van der Waals surface area (Å²) < 4.78 is 28.9. The van der Waals surface area contributed by atoms with Crippen molar-refractivity contribution < 1.29 is 17.6 Å². The van der Waals surface area contributed by atoms with Gasteiger partial charge < -0.3 is 4.42 Å². The van der Waals surface area contributed by atoms with E-state index >= 15 is 0 Å². The molecule has 6 heteroatoms. The van der Waals surface area contributed by atoms with E-state index in [0.29, 0.717) is 18.5 Å². The number of carbonyl (C=O) groups is 1. The van der Waals surface area contributed by atoms with Crippen molar-refractivity contribution in [2.75, 3.05) is 5.75 Å². The van der Waals surface area contributed by atoms with Crippen molar-refractivity contribution in [2.45, 2.75) is 37.9 Å². The quantitative estimate of drug-likeness (QED) is 0.819. The van der Waals surface area contributed by atoms with E-state index in [1.807, 2.05) is 0 Å². The predicted molar refractivity (Wildman–Crippen MR) is 61.3 cm³/mol. The van der Waals surface area contributed by atoms with Crippen LogP contribution in [0.5, 0.6) is 0 Å². The van der Waals surface area contributed by atoms with Crippen molar-refractivity contribution in [1.82, 2.24) is 4.98 Å². The number of oxazole rings is 1. The summed E-state index contributed by atoms with van der Waals surface area (Å²) in [5.41, 5.74) is 0.508. The molecule has 17 heavy (non-hydrogen) atoms. The van der Waals surface area contributed by atoms with Crippen LogP contribution in [0.2, 0.25) is 0 Å². The SMILES string of the molecule is CC(=O)Cc1coc(C2CCCCS2(=O)=O)n1. The van der Waals surface area contributed by atoms with Crippen LogP contribution < -0.4 is 0 Å². The number of sulfone groups is 1. The molecule has 1 aromatic heterocycles. The van der Waals surface area contributed by atoms with Gasteiger partial charge in [0.1, 0.15) is 17.3 Å². The predicted octanol–water partition coefficient (Wildman–Crippen LogP) is 1.45. The highest BCUT2D eigenvalue weighted by molar-refractivity contribution is 7.91. The molecule has 1 aliphatic rings. The maximum absolute atomic E-state index is 11.8. The lowest BCUT2D eigenvalue weighted by Crippen LogP contribution is -2.21. The molecule has 0 amide bonds. The molecule has 5 nitrogen and oxygen atoms in total. The standard InChI is InChI=1S/C11H15NO4S/c1-8(13)6-9-7-16-11(12-9)10-4-2-3-5-17(10,14)15/h7,10H,2-6H2,1H3. The molecule has 0 radical (unpaired) electrons. The van der Waals surface area contributed by atoms with Gasteiger partial charge in [0.05, 0.1) is 17.9 Å². The van der Waals surface area contributed by atoms with Crippen LogP contribution in [0.25, 0.3) is 0 Å². The molecule has 1 atom stereocenters. The van der Waals surface area contributed by atoms with Gasteiger partial charge >= 0.3 is 0 Å². The van der Waals surface area contributed by atoms with Crippen LogP contribution in [0.4, 0.5) is 0 Å². The van der Waals surface area contributed by atoms with Crippen molar-refractivity contribution in [2.24, 2.45) is 0 Å². The third-order valence-corrected chi connectivity index (χ3v) is 5.02. The third-order valence-electron chi connectivity index (χ3n) is 2.85. The lowest BCUT2D eigenvalue weighted by molar-refractivity contribution is -0.116. The fraction of sp³-hybridized carbons (Fsp3) is 0.636. The summed E-state index contributed by atoms with van der Waals surface area (Å²) in [4.78, 5) is 15.0. The summed E-state index contributed by atoms with van der Waals surface area (Å²) in [5, 5.41) is -0.628. The van der Waals surface area contributed by atoms with E-state index in [-0.39, 0.29) is 23.8 Å². The Morgan fingerprint density at radius 1 is 1.53 bits per heavy atom. The zero-order valence-corrected chi connectivity index (χ0v) is 10.5. The number of hydrogen-bond donors (Lipinski definition) is 0. The number of carbonyl (C=O) groups excluding carboxylic acids is 1. The molecule has 1 aliphatic heterocycles. The number of ketones is 1. The number of nitrogens with zero attached hydrogens (tertiary/aromatic N) is 1. The summed E-state index contributed by atoms with van der Waals surface area (Å²) in [6.07, 6.45) is 3.70. The van der Waals surface area contributed by atoms with Gasteiger partial charge in [0.2, 0.25) is 5.89 Å². The molecule has 2 heterocycles. The monoisotopic (exact) mass is 257 g/mol. The molecule has 94 valence electrons. The first-order chi connectivity index (χ1) is 7.99. The average molecular weight is 257 g/mol.